The van der Waals surface area contributed by atoms with Crippen molar-refractivity contribution in [3.8, 4) is 0 Å². The molecule has 2 amide bonds. The first-order valence-corrected chi connectivity index (χ1v) is 9.53. The molecule has 0 unspecified atom stereocenters. The molecule has 6 heteroatoms. The molecule has 0 atom stereocenters. The zero-order chi connectivity index (χ0) is 21.3. The third kappa shape index (κ3) is 5.99. The fourth-order valence-corrected chi connectivity index (χ4v) is 3.05. The topological polar surface area (TPSA) is 58.6 Å². The molecule has 5 nitrogen and oxygen atoms in total. The molecule has 154 valence electrons. The maximum atomic E-state index is 13.5. The van der Waals surface area contributed by atoms with Crippen LogP contribution in [0.25, 0.3) is 0 Å². The van der Waals surface area contributed by atoms with Gasteiger partial charge in [-0.25, -0.2) is 4.39 Å². The lowest BCUT2D eigenvalue weighted by molar-refractivity contribution is -0.122. The Labute approximate surface area is 175 Å². The molecule has 0 radical (unpaired) electrons. The Bertz CT molecular complexity index is 991. The third-order valence-electron chi connectivity index (χ3n) is 4.47. The van der Waals surface area contributed by atoms with Crippen molar-refractivity contribution in [3.05, 3.63) is 95.8 Å². The molecular formula is C24H23FN2O3. The van der Waals surface area contributed by atoms with Gasteiger partial charge in [0.15, 0.2) is 0 Å². The van der Waals surface area contributed by atoms with Gasteiger partial charge in [-0.15, -0.1) is 0 Å². The number of nitrogens with zero attached hydrogens (tertiary/aromatic N) is 1. The average Bonchev–Trinajstić information content (AvgIpc) is 2.73. The lowest BCUT2D eigenvalue weighted by Crippen LogP contribution is -2.33. The summed E-state index contributed by atoms with van der Waals surface area (Å²) in [7, 11) is 1.45. The van der Waals surface area contributed by atoms with Gasteiger partial charge in [0, 0.05) is 18.5 Å². The molecule has 1 N–H and O–H groups in total. The van der Waals surface area contributed by atoms with Crippen LogP contribution in [0.4, 0.5) is 15.8 Å². The summed E-state index contributed by atoms with van der Waals surface area (Å²) in [6.45, 7) is 0.129. The van der Waals surface area contributed by atoms with Crippen molar-refractivity contribution in [1.82, 2.24) is 0 Å². The first kappa shape index (κ1) is 21.2. The van der Waals surface area contributed by atoms with Crippen LogP contribution in [0.5, 0.6) is 0 Å². The van der Waals surface area contributed by atoms with E-state index in [-0.39, 0.29) is 37.2 Å². The predicted octanol–water partition coefficient (Wildman–Crippen LogP) is 4.19. The van der Waals surface area contributed by atoms with E-state index in [1.54, 1.807) is 36.4 Å². The molecular weight excluding hydrogens is 383 g/mol. The largest absolute Gasteiger partial charge is 0.375 e. The summed E-state index contributed by atoms with van der Waals surface area (Å²) in [5.41, 5.74) is 2.88. The number of para-hydroxylation sites is 1. The number of carbonyl (C=O) groups excluding carboxylic acids is 2. The Hall–Kier alpha value is -3.51. The smallest absolute Gasteiger partial charge is 0.253 e. The number of hydrogen-bond acceptors (Lipinski definition) is 3. The number of benzene rings is 3. The van der Waals surface area contributed by atoms with E-state index in [0.29, 0.717) is 11.3 Å². The van der Waals surface area contributed by atoms with Crippen LogP contribution >= 0.6 is 0 Å². The monoisotopic (exact) mass is 406 g/mol. The summed E-state index contributed by atoms with van der Waals surface area (Å²) in [6, 6.07) is 22.5. The van der Waals surface area contributed by atoms with Crippen LogP contribution in [-0.4, -0.2) is 25.5 Å². The van der Waals surface area contributed by atoms with Gasteiger partial charge >= 0.3 is 0 Å². The minimum atomic E-state index is -0.355. The zero-order valence-electron chi connectivity index (χ0n) is 16.7. The molecule has 0 saturated carbocycles. The lowest BCUT2D eigenvalue weighted by atomic mass is 10.1. The minimum absolute atomic E-state index is 0.0868. The predicted molar refractivity (Wildman–Crippen MR) is 115 cm³/mol. The molecule has 0 heterocycles. The SMILES string of the molecule is COCC(=O)N(Cc1cccc(F)c1)c1ccc(CC(=O)Nc2ccccc2)cc1. The number of anilines is 2. The van der Waals surface area contributed by atoms with E-state index in [0.717, 1.165) is 11.3 Å². The van der Waals surface area contributed by atoms with E-state index < -0.39 is 0 Å². The van der Waals surface area contributed by atoms with Gasteiger partial charge in [0.05, 0.1) is 13.0 Å². The van der Waals surface area contributed by atoms with E-state index in [4.69, 9.17) is 4.74 Å². The Balaban J connectivity index is 1.71. The Morgan fingerprint density at radius 3 is 2.33 bits per heavy atom. The van der Waals surface area contributed by atoms with Crippen molar-refractivity contribution in [2.24, 2.45) is 0 Å². The van der Waals surface area contributed by atoms with E-state index >= 15 is 0 Å². The number of ether oxygens (including phenoxy) is 1. The van der Waals surface area contributed by atoms with E-state index in [1.165, 1.54) is 24.1 Å². The van der Waals surface area contributed by atoms with Crippen LogP contribution in [0.15, 0.2) is 78.9 Å². The van der Waals surface area contributed by atoms with Crippen molar-refractivity contribution < 1.29 is 18.7 Å². The summed E-state index contributed by atoms with van der Waals surface area (Å²) in [4.78, 5) is 26.3. The second-order valence-electron chi connectivity index (χ2n) is 6.80. The molecule has 0 aliphatic carbocycles. The van der Waals surface area contributed by atoms with Crippen LogP contribution < -0.4 is 10.2 Å². The molecule has 0 aliphatic rings. The molecule has 0 spiro atoms. The number of amides is 2. The van der Waals surface area contributed by atoms with Gasteiger partial charge in [0.25, 0.3) is 5.91 Å². The first-order chi connectivity index (χ1) is 14.5. The average molecular weight is 406 g/mol. The van der Waals surface area contributed by atoms with Gasteiger partial charge in [-0.05, 0) is 47.5 Å². The molecule has 3 aromatic rings. The number of hydrogen-bond donors (Lipinski definition) is 1. The molecule has 0 saturated heterocycles. The number of rotatable bonds is 8. The molecule has 30 heavy (non-hydrogen) atoms. The Kier molecular flexibility index (Phi) is 7.29. The number of methoxy groups -OCH3 is 1. The van der Waals surface area contributed by atoms with Gasteiger partial charge in [-0.1, -0.05) is 42.5 Å². The van der Waals surface area contributed by atoms with E-state index in [2.05, 4.69) is 5.32 Å². The highest BCUT2D eigenvalue weighted by Crippen LogP contribution is 2.20. The first-order valence-electron chi connectivity index (χ1n) is 9.53. The zero-order valence-corrected chi connectivity index (χ0v) is 16.7. The van der Waals surface area contributed by atoms with E-state index in [9.17, 15) is 14.0 Å². The highest BCUT2D eigenvalue weighted by molar-refractivity contribution is 5.94. The van der Waals surface area contributed by atoms with E-state index in [1.807, 2.05) is 30.3 Å². The van der Waals surface area contributed by atoms with Crippen molar-refractivity contribution in [1.29, 1.82) is 0 Å². The summed E-state index contributed by atoms with van der Waals surface area (Å²) >= 11 is 0. The number of halogens is 1. The quantitative estimate of drug-likeness (QED) is 0.610. The molecule has 0 bridgehead atoms. The molecule has 3 aromatic carbocycles. The second-order valence-corrected chi connectivity index (χ2v) is 6.80. The highest BCUT2D eigenvalue weighted by atomic mass is 19.1. The summed E-state index contributed by atoms with van der Waals surface area (Å²) in [6.07, 6.45) is 0.213. The molecule has 0 aliphatic heterocycles. The fourth-order valence-electron chi connectivity index (χ4n) is 3.05. The van der Waals surface area contributed by atoms with Gasteiger partial charge in [-0.3, -0.25) is 9.59 Å². The van der Waals surface area contributed by atoms with Crippen molar-refractivity contribution in [2.45, 2.75) is 13.0 Å². The van der Waals surface area contributed by atoms with Crippen molar-refractivity contribution in [2.75, 3.05) is 23.9 Å². The van der Waals surface area contributed by atoms with Crippen LogP contribution in [0.1, 0.15) is 11.1 Å². The summed E-state index contributed by atoms with van der Waals surface area (Å²) in [5, 5.41) is 2.85. The van der Waals surface area contributed by atoms with Crippen LogP contribution in [0.3, 0.4) is 0 Å². The van der Waals surface area contributed by atoms with Gasteiger partial charge in [0.2, 0.25) is 5.91 Å². The third-order valence-corrected chi connectivity index (χ3v) is 4.47. The van der Waals surface area contributed by atoms with Crippen LogP contribution in [-0.2, 0) is 27.3 Å². The second kappa shape index (κ2) is 10.3. The summed E-state index contributed by atoms with van der Waals surface area (Å²) < 4.78 is 18.5. The van der Waals surface area contributed by atoms with Crippen molar-refractivity contribution in [3.63, 3.8) is 0 Å². The maximum Gasteiger partial charge on any atom is 0.253 e. The summed E-state index contributed by atoms with van der Waals surface area (Å²) in [5.74, 6) is -0.719. The normalized spacial score (nSPS) is 10.5. The highest BCUT2D eigenvalue weighted by Gasteiger charge is 2.17. The van der Waals surface area contributed by atoms with Crippen molar-refractivity contribution >= 4 is 23.2 Å². The molecule has 0 aromatic heterocycles. The fraction of sp³-hybridized carbons (Fsp3) is 0.167. The van der Waals surface area contributed by atoms with Gasteiger partial charge in [-0.2, -0.15) is 0 Å². The maximum absolute atomic E-state index is 13.5. The number of carbonyl (C=O) groups is 2. The Morgan fingerprint density at radius 2 is 1.67 bits per heavy atom. The Morgan fingerprint density at radius 1 is 0.933 bits per heavy atom. The van der Waals surface area contributed by atoms with Crippen LogP contribution in [0, 0.1) is 5.82 Å². The van der Waals surface area contributed by atoms with Crippen LogP contribution in [0.2, 0.25) is 0 Å². The lowest BCUT2D eigenvalue weighted by Gasteiger charge is -2.23. The van der Waals surface area contributed by atoms with Gasteiger partial charge in [0.1, 0.15) is 12.4 Å². The standard InChI is InChI=1S/C24H23FN2O3/c1-30-17-24(29)27(16-19-6-5-7-20(25)14-19)22-12-10-18(11-13-22)15-23(28)26-21-8-3-2-4-9-21/h2-14H,15-17H2,1H3,(H,26,28). The number of nitrogens with one attached hydrogen (secondary N) is 1. The molecule has 3 rings (SSSR count). The van der Waals surface area contributed by atoms with Gasteiger partial charge < -0.3 is 15.0 Å². The minimum Gasteiger partial charge on any atom is -0.375 e. The molecule has 0 fully saturated rings.